The van der Waals surface area contributed by atoms with Gasteiger partial charge in [-0.25, -0.2) is 0 Å². The van der Waals surface area contributed by atoms with E-state index in [2.05, 4.69) is 12.2 Å². The molecular formula is C25H34N2O3S. The topological polar surface area (TPSA) is 58.6 Å². The third kappa shape index (κ3) is 8.29. The molecule has 1 N–H and O–H groups in total. The number of hydrogen-bond donors (Lipinski definition) is 1. The molecule has 0 radical (unpaired) electrons. The summed E-state index contributed by atoms with van der Waals surface area (Å²) in [5, 5.41) is 3.00. The Labute approximate surface area is 190 Å². The number of methoxy groups -OCH3 is 1. The molecule has 0 saturated heterocycles. The fraction of sp³-hybridized carbons (Fsp3) is 0.440. The van der Waals surface area contributed by atoms with E-state index in [4.69, 9.17) is 4.74 Å². The van der Waals surface area contributed by atoms with Crippen LogP contribution in [0.4, 0.5) is 0 Å². The van der Waals surface area contributed by atoms with Crippen molar-refractivity contribution in [1.29, 1.82) is 0 Å². The van der Waals surface area contributed by atoms with E-state index in [1.54, 1.807) is 23.8 Å². The first kappa shape index (κ1) is 24.8. The first-order chi connectivity index (χ1) is 15.1. The van der Waals surface area contributed by atoms with Gasteiger partial charge in [-0.1, -0.05) is 62.7 Å². The highest BCUT2D eigenvalue weighted by Gasteiger charge is 2.28. The average molecular weight is 443 g/mol. The molecule has 0 saturated carbocycles. The number of hydrogen-bond acceptors (Lipinski definition) is 4. The van der Waals surface area contributed by atoms with Gasteiger partial charge in [-0.05, 0) is 36.1 Å². The zero-order chi connectivity index (χ0) is 22.5. The van der Waals surface area contributed by atoms with Crippen molar-refractivity contribution in [3.8, 4) is 5.75 Å². The monoisotopic (exact) mass is 442 g/mol. The van der Waals surface area contributed by atoms with Crippen molar-refractivity contribution in [2.24, 2.45) is 0 Å². The number of carbonyl (C=O) groups excluding carboxylic acids is 2. The Bertz CT molecular complexity index is 796. The second kappa shape index (κ2) is 13.8. The van der Waals surface area contributed by atoms with E-state index in [0.717, 1.165) is 35.5 Å². The lowest BCUT2D eigenvalue weighted by atomic mass is 10.1. The fourth-order valence-corrected chi connectivity index (χ4v) is 4.14. The molecule has 31 heavy (non-hydrogen) atoms. The van der Waals surface area contributed by atoms with Crippen LogP contribution >= 0.6 is 11.8 Å². The van der Waals surface area contributed by atoms with Gasteiger partial charge >= 0.3 is 0 Å². The second-order valence-corrected chi connectivity index (χ2v) is 8.40. The molecule has 5 nitrogen and oxygen atoms in total. The van der Waals surface area contributed by atoms with Gasteiger partial charge in [-0.15, -0.1) is 11.8 Å². The summed E-state index contributed by atoms with van der Waals surface area (Å²) in [7, 11) is 1.65. The maximum atomic E-state index is 13.2. The van der Waals surface area contributed by atoms with E-state index >= 15 is 0 Å². The molecule has 0 heterocycles. The van der Waals surface area contributed by atoms with Crippen LogP contribution in [0.25, 0.3) is 0 Å². The number of rotatable bonds is 13. The van der Waals surface area contributed by atoms with Gasteiger partial charge in [0.15, 0.2) is 0 Å². The van der Waals surface area contributed by atoms with Crippen LogP contribution in [-0.4, -0.2) is 42.2 Å². The van der Waals surface area contributed by atoms with Gasteiger partial charge in [-0.3, -0.25) is 9.59 Å². The Kier molecular flexibility index (Phi) is 11.0. The van der Waals surface area contributed by atoms with E-state index in [0.29, 0.717) is 25.3 Å². The Morgan fingerprint density at radius 1 is 1.03 bits per heavy atom. The predicted molar refractivity (Wildman–Crippen MR) is 128 cm³/mol. The molecule has 0 unspecified atom stereocenters. The summed E-state index contributed by atoms with van der Waals surface area (Å²) < 4.78 is 5.19. The Morgan fingerprint density at radius 2 is 1.74 bits per heavy atom. The van der Waals surface area contributed by atoms with Gasteiger partial charge in [0.2, 0.25) is 11.8 Å². The molecular weight excluding hydrogens is 408 g/mol. The molecule has 2 aromatic rings. The summed E-state index contributed by atoms with van der Waals surface area (Å²) >= 11 is 1.56. The zero-order valence-corrected chi connectivity index (χ0v) is 19.6. The first-order valence-corrected chi connectivity index (χ1v) is 12.1. The number of amides is 2. The van der Waals surface area contributed by atoms with Crippen molar-refractivity contribution >= 4 is 23.6 Å². The fourth-order valence-electron chi connectivity index (χ4n) is 3.27. The van der Waals surface area contributed by atoms with E-state index in [1.807, 2.05) is 61.5 Å². The molecule has 0 aliphatic rings. The number of carbonyl (C=O) groups is 2. The summed E-state index contributed by atoms with van der Waals surface area (Å²) in [4.78, 5) is 27.7. The summed E-state index contributed by atoms with van der Waals surface area (Å²) in [6, 6.07) is 17.2. The highest BCUT2D eigenvalue weighted by Crippen LogP contribution is 2.19. The molecule has 1 atom stereocenters. The highest BCUT2D eigenvalue weighted by molar-refractivity contribution is 7.99. The molecule has 0 bridgehead atoms. The number of unbranched alkanes of at least 4 members (excludes halogenated alkanes) is 1. The van der Waals surface area contributed by atoms with Crippen LogP contribution in [0.3, 0.4) is 0 Å². The van der Waals surface area contributed by atoms with Crippen molar-refractivity contribution in [2.45, 2.75) is 51.4 Å². The van der Waals surface area contributed by atoms with Crippen LogP contribution < -0.4 is 10.1 Å². The van der Waals surface area contributed by atoms with Crippen LogP contribution in [0.1, 0.15) is 44.2 Å². The molecule has 2 amide bonds. The molecule has 0 aromatic heterocycles. The van der Waals surface area contributed by atoms with Crippen LogP contribution in [0.5, 0.6) is 5.75 Å². The largest absolute Gasteiger partial charge is 0.497 e. The smallest absolute Gasteiger partial charge is 0.242 e. The summed E-state index contributed by atoms with van der Waals surface area (Å²) in [6.45, 7) is 5.13. The van der Waals surface area contributed by atoms with Crippen LogP contribution in [0.15, 0.2) is 54.6 Å². The zero-order valence-electron chi connectivity index (χ0n) is 18.8. The van der Waals surface area contributed by atoms with Crippen molar-refractivity contribution in [1.82, 2.24) is 10.2 Å². The number of benzene rings is 2. The normalized spacial score (nSPS) is 11.6. The minimum atomic E-state index is -0.467. The Balaban J connectivity index is 2.04. The molecule has 2 rings (SSSR count). The minimum Gasteiger partial charge on any atom is -0.497 e. The van der Waals surface area contributed by atoms with E-state index in [1.165, 1.54) is 0 Å². The molecule has 6 heteroatoms. The van der Waals surface area contributed by atoms with Gasteiger partial charge < -0.3 is 15.0 Å². The molecule has 0 aliphatic heterocycles. The molecule has 2 aromatic carbocycles. The molecule has 0 fully saturated rings. The maximum absolute atomic E-state index is 13.2. The Hall–Kier alpha value is -2.47. The lowest BCUT2D eigenvalue weighted by molar-refractivity contribution is -0.139. The van der Waals surface area contributed by atoms with Gasteiger partial charge in [0.25, 0.3) is 0 Å². The van der Waals surface area contributed by atoms with Crippen LogP contribution in [0.2, 0.25) is 0 Å². The minimum absolute atomic E-state index is 0.0140. The first-order valence-electron chi connectivity index (χ1n) is 10.9. The van der Waals surface area contributed by atoms with Gasteiger partial charge in [0.1, 0.15) is 11.8 Å². The summed E-state index contributed by atoms with van der Waals surface area (Å²) in [5.74, 6) is 1.80. The van der Waals surface area contributed by atoms with Crippen molar-refractivity contribution in [2.75, 3.05) is 19.4 Å². The van der Waals surface area contributed by atoms with E-state index in [9.17, 15) is 9.59 Å². The van der Waals surface area contributed by atoms with E-state index < -0.39 is 6.04 Å². The van der Waals surface area contributed by atoms with Crippen molar-refractivity contribution < 1.29 is 14.3 Å². The molecule has 168 valence electrons. The third-order valence-corrected chi connectivity index (χ3v) is 6.05. The Morgan fingerprint density at radius 3 is 2.35 bits per heavy atom. The number of thioether (sulfide) groups is 1. The quantitative estimate of drug-likeness (QED) is 0.459. The molecule has 0 spiro atoms. The lowest BCUT2D eigenvalue weighted by Gasteiger charge is -2.30. The number of nitrogens with zero attached hydrogens (tertiary/aromatic N) is 1. The maximum Gasteiger partial charge on any atom is 0.242 e. The van der Waals surface area contributed by atoms with Gasteiger partial charge in [-0.2, -0.15) is 0 Å². The van der Waals surface area contributed by atoms with Crippen molar-refractivity contribution in [3.05, 3.63) is 65.7 Å². The summed E-state index contributed by atoms with van der Waals surface area (Å²) in [6.07, 6.45) is 2.54. The third-order valence-electron chi connectivity index (χ3n) is 5.06. The van der Waals surface area contributed by atoms with Crippen molar-refractivity contribution in [3.63, 3.8) is 0 Å². The van der Waals surface area contributed by atoms with Gasteiger partial charge in [0.05, 0.1) is 12.9 Å². The standard InChI is InChI=1S/C25H34N2O3S/c1-4-6-16-26-25(29)23(5-2)27(17-20-10-8-7-9-11-20)24(28)19-31-18-21-12-14-22(30-3)15-13-21/h7-15,23H,4-6,16-19H2,1-3H3,(H,26,29)/t23-/m1/s1. The summed E-state index contributed by atoms with van der Waals surface area (Å²) in [5.41, 5.74) is 2.16. The average Bonchev–Trinajstić information content (AvgIpc) is 2.80. The number of nitrogens with one attached hydrogen (secondary N) is 1. The highest BCUT2D eigenvalue weighted by atomic mass is 32.2. The lowest BCUT2D eigenvalue weighted by Crippen LogP contribution is -2.49. The molecule has 0 aliphatic carbocycles. The van der Waals surface area contributed by atoms with E-state index in [-0.39, 0.29) is 11.8 Å². The number of ether oxygens (including phenoxy) is 1. The SMILES string of the molecule is CCCCNC(=O)[C@@H](CC)N(Cc1ccccc1)C(=O)CSCc1ccc(OC)cc1. The van der Waals surface area contributed by atoms with Crippen LogP contribution in [0, 0.1) is 0 Å². The predicted octanol–water partition coefficient (Wildman–Crippen LogP) is 4.65. The van der Waals surface area contributed by atoms with Crippen LogP contribution in [-0.2, 0) is 21.9 Å². The second-order valence-electron chi connectivity index (χ2n) is 7.42. The van der Waals surface area contributed by atoms with Gasteiger partial charge in [0, 0.05) is 18.8 Å².